The molecule has 3 N–H and O–H groups in total. The first-order valence-corrected chi connectivity index (χ1v) is 7.55. The molecule has 1 aromatic carbocycles. The molecule has 2 amide bonds. The van der Waals surface area contributed by atoms with Crippen LogP contribution < -0.4 is 10.6 Å². The Labute approximate surface area is 134 Å². The first-order chi connectivity index (χ1) is 11.0. The van der Waals surface area contributed by atoms with Gasteiger partial charge in [-0.3, -0.25) is 19.3 Å². The second-order valence-corrected chi connectivity index (χ2v) is 5.49. The van der Waals surface area contributed by atoms with Gasteiger partial charge in [-0.25, -0.2) is 0 Å². The molecule has 1 saturated heterocycles. The van der Waals surface area contributed by atoms with Crippen LogP contribution in [0.15, 0.2) is 30.3 Å². The molecule has 0 radical (unpaired) electrons. The third-order valence-corrected chi connectivity index (χ3v) is 3.94. The van der Waals surface area contributed by atoms with E-state index in [9.17, 15) is 14.4 Å². The van der Waals surface area contributed by atoms with Gasteiger partial charge in [0.15, 0.2) is 0 Å². The van der Waals surface area contributed by atoms with Crippen LogP contribution >= 0.6 is 0 Å². The maximum atomic E-state index is 12.2. The number of aliphatic carboxylic acids is 1. The number of benzene rings is 1. The Morgan fingerprint density at radius 3 is 2.61 bits per heavy atom. The van der Waals surface area contributed by atoms with Crippen molar-refractivity contribution in [3.63, 3.8) is 0 Å². The molecule has 2 atom stereocenters. The van der Waals surface area contributed by atoms with Gasteiger partial charge < -0.3 is 15.7 Å². The molecule has 0 aromatic heterocycles. The van der Waals surface area contributed by atoms with Crippen LogP contribution in [0.4, 0.5) is 0 Å². The van der Waals surface area contributed by atoms with Crippen LogP contribution in [0.5, 0.6) is 0 Å². The fraction of sp³-hybridized carbons (Fsp3) is 0.438. The number of nitrogens with one attached hydrogen (secondary N) is 2. The van der Waals surface area contributed by atoms with Gasteiger partial charge in [-0.2, -0.15) is 0 Å². The standard InChI is InChI=1S/C16H21N3O4/c1-17-15(21)14(11-6-3-2-4-7-11)18-13(20)10-19-9-5-8-12(19)16(22)23/h2-4,6-7,12,14H,5,8-10H2,1H3,(H,17,21)(H,18,20)(H,22,23)/t12-,14?/m0/s1. The largest absolute Gasteiger partial charge is 0.480 e. The van der Waals surface area contributed by atoms with Crippen molar-refractivity contribution in [3.05, 3.63) is 35.9 Å². The van der Waals surface area contributed by atoms with Gasteiger partial charge in [0.1, 0.15) is 12.1 Å². The van der Waals surface area contributed by atoms with Crippen LogP contribution in [-0.2, 0) is 14.4 Å². The van der Waals surface area contributed by atoms with Crippen molar-refractivity contribution in [3.8, 4) is 0 Å². The van der Waals surface area contributed by atoms with E-state index < -0.39 is 18.1 Å². The summed E-state index contributed by atoms with van der Waals surface area (Å²) >= 11 is 0. The maximum Gasteiger partial charge on any atom is 0.320 e. The summed E-state index contributed by atoms with van der Waals surface area (Å²) in [4.78, 5) is 37.1. The molecule has 0 aliphatic carbocycles. The molecule has 7 heteroatoms. The zero-order chi connectivity index (χ0) is 16.8. The predicted molar refractivity (Wildman–Crippen MR) is 83.6 cm³/mol. The summed E-state index contributed by atoms with van der Waals surface area (Å²) in [7, 11) is 1.51. The fourth-order valence-electron chi connectivity index (χ4n) is 2.78. The summed E-state index contributed by atoms with van der Waals surface area (Å²) in [6, 6.07) is 7.51. The summed E-state index contributed by atoms with van der Waals surface area (Å²) in [6.07, 6.45) is 1.29. The molecule has 1 aromatic rings. The van der Waals surface area contributed by atoms with E-state index >= 15 is 0 Å². The zero-order valence-electron chi connectivity index (χ0n) is 13.0. The average Bonchev–Trinajstić information content (AvgIpc) is 3.01. The molecule has 1 aliphatic heterocycles. The van der Waals surface area contributed by atoms with Gasteiger partial charge in [0.2, 0.25) is 11.8 Å². The molecular weight excluding hydrogens is 298 g/mol. The predicted octanol–water partition coefficient (Wildman–Crippen LogP) is 0.139. The summed E-state index contributed by atoms with van der Waals surface area (Å²) in [5.74, 6) is -1.60. The lowest BCUT2D eigenvalue weighted by Crippen LogP contribution is -2.46. The number of likely N-dealkylation sites (N-methyl/N-ethyl adjacent to an activating group) is 1. The van der Waals surface area contributed by atoms with Crippen molar-refractivity contribution in [2.75, 3.05) is 20.1 Å². The molecule has 1 unspecified atom stereocenters. The second kappa shape index (κ2) is 7.73. The molecule has 1 aliphatic rings. The van der Waals surface area contributed by atoms with E-state index in [1.807, 2.05) is 6.07 Å². The Bertz CT molecular complexity index is 576. The van der Waals surface area contributed by atoms with E-state index in [2.05, 4.69) is 10.6 Å². The molecule has 0 spiro atoms. The lowest BCUT2D eigenvalue weighted by molar-refractivity contribution is -0.142. The van der Waals surface area contributed by atoms with Crippen molar-refractivity contribution >= 4 is 17.8 Å². The van der Waals surface area contributed by atoms with Crippen molar-refractivity contribution in [2.45, 2.75) is 24.9 Å². The number of carbonyl (C=O) groups is 3. The lowest BCUT2D eigenvalue weighted by atomic mass is 10.1. The topological polar surface area (TPSA) is 98.7 Å². The highest BCUT2D eigenvalue weighted by atomic mass is 16.4. The highest BCUT2D eigenvalue weighted by Crippen LogP contribution is 2.17. The van der Waals surface area contributed by atoms with Gasteiger partial charge >= 0.3 is 5.97 Å². The second-order valence-electron chi connectivity index (χ2n) is 5.49. The van der Waals surface area contributed by atoms with Gasteiger partial charge in [0.05, 0.1) is 6.54 Å². The normalized spacial score (nSPS) is 19.1. The van der Waals surface area contributed by atoms with Crippen LogP contribution in [0.25, 0.3) is 0 Å². The number of hydrogen-bond acceptors (Lipinski definition) is 4. The molecule has 1 fully saturated rings. The van der Waals surface area contributed by atoms with Gasteiger partial charge in [0.25, 0.3) is 0 Å². The van der Waals surface area contributed by atoms with E-state index in [-0.39, 0.29) is 18.4 Å². The van der Waals surface area contributed by atoms with Crippen molar-refractivity contribution < 1.29 is 19.5 Å². The Morgan fingerprint density at radius 1 is 1.30 bits per heavy atom. The highest BCUT2D eigenvalue weighted by molar-refractivity contribution is 5.89. The number of rotatable bonds is 6. The van der Waals surface area contributed by atoms with Gasteiger partial charge in [0, 0.05) is 7.05 Å². The highest BCUT2D eigenvalue weighted by Gasteiger charge is 2.32. The van der Waals surface area contributed by atoms with Crippen molar-refractivity contribution in [1.29, 1.82) is 0 Å². The molecule has 0 saturated carbocycles. The zero-order valence-corrected chi connectivity index (χ0v) is 13.0. The van der Waals surface area contributed by atoms with Crippen molar-refractivity contribution in [2.24, 2.45) is 0 Å². The summed E-state index contributed by atoms with van der Waals surface area (Å²) < 4.78 is 0. The molecule has 124 valence electrons. The number of amides is 2. The van der Waals surface area contributed by atoms with Crippen LogP contribution in [0.3, 0.4) is 0 Å². The van der Waals surface area contributed by atoms with E-state index in [1.165, 1.54) is 7.05 Å². The van der Waals surface area contributed by atoms with E-state index in [0.29, 0.717) is 18.5 Å². The van der Waals surface area contributed by atoms with Crippen LogP contribution in [0, 0.1) is 0 Å². The van der Waals surface area contributed by atoms with E-state index in [1.54, 1.807) is 29.2 Å². The Kier molecular flexibility index (Phi) is 5.70. The summed E-state index contributed by atoms with van der Waals surface area (Å²) in [5, 5.41) is 14.4. The molecule has 23 heavy (non-hydrogen) atoms. The van der Waals surface area contributed by atoms with Gasteiger partial charge in [-0.15, -0.1) is 0 Å². The first kappa shape index (κ1) is 17.0. The number of carboxylic acid groups (broad SMARTS) is 1. The number of hydrogen-bond donors (Lipinski definition) is 3. The number of nitrogens with zero attached hydrogens (tertiary/aromatic N) is 1. The maximum absolute atomic E-state index is 12.2. The lowest BCUT2D eigenvalue weighted by Gasteiger charge is -2.23. The fourth-order valence-corrected chi connectivity index (χ4v) is 2.78. The minimum Gasteiger partial charge on any atom is -0.480 e. The minimum absolute atomic E-state index is 0.0305. The third-order valence-electron chi connectivity index (χ3n) is 3.94. The minimum atomic E-state index is -0.916. The Balaban J connectivity index is 2.03. The SMILES string of the molecule is CNC(=O)C(NC(=O)CN1CCC[C@H]1C(=O)O)c1ccccc1. The first-order valence-electron chi connectivity index (χ1n) is 7.55. The average molecular weight is 319 g/mol. The summed E-state index contributed by atoms with van der Waals surface area (Å²) in [6.45, 7) is 0.539. The molecule has 0 bridgehead atoms. The van der Waals surface area contributed by atoms with E-state index in [4.69, 9.17) is 5.11 Å². The van der Waals surface area contributed by atoms with Crippen LogP contribution in [0.2, 0.25) is 0 Å². The van der Waals surface area contributed by atoms with Gasteiger partial charge in [-0.1, -0.05) is 30.3 Å². The third kappa shape index (κ3) is 4.29. The van der Waals surface area contributed by atoms with Crippen molar-refractivity contribution in [1.82, 2.24) is 15.5 Å². The number of carbonyl (C=O) groups excluding carboxylic acids is 2. The Morgan fingerprint density at radius 2 is 2.00 bits per heavy atom. The summed E-state index contributed by atoms with van der Waals surface area (Å²) in [5.41, 5.74) is 0.677. The molecular formula is C16H21N3O4. The molecule has 2 rings (SSSR count). The smallest absolute Gasteiger partial charge is 0.320 e. The van der Waals surface area contributed by atoms with Crippen LogP contribution in [0.1, 0.15) is 24.4 Å². The molecule has 1 heterocycles. The Hall–Kier alpha value is -2.41. The van der Waals surface area contributed by atoms with E-state index in [0.717, 1.165) is 6.42 Å². The quantitative estimate of drug-likeness (QED) is 0.693. The number of likely N-dealkylation sites (tertiary alicyclic amines) is 1. The van der Waals surface area contributed by atoms with Crippen LogP contribution in [-0.4, -0.2) is 54.0 Å². The molecule has 7 nitrogen and oxygen atoms in total. The van der Waals surface area contributed by atoms with Gasteiger partial charge in [-0.05, 0) is 24.9 Å². The monoisotopic (exact) mass is 319 g/mol. The number of carboxylic acids is 1.